The number of aryl methyl sites for hydroxylation is 3. The number of likely N-dealkylation sites (tertiary alicyclic amines) is 1. The van der Waals surface area contributed by atoms with Crippen LogP contribution in [0, 0.1) is 20.8 Å². The highest BCUT2D eigenvalue weighted by Gasteiger charge is 2.47. The lowest BCUT2D eigenvalue weighted by Crippen LogP contribution is -2.29. The fourth-order valence-electron chi connectivity index (χ4n) is 3.91. The van der Waals surface area contributed by atoms with Crippen LogP contribution in [0.3, 0.4) is 0 Å². The van der Waals surface area contributed by atoms with Crippen LogP contribution in [-0.4, -0.2) is 28.8 Å². The highest BCUT2D eigenvalue weighted by molar-refractivity contribution is 6.46. The van der Waals surface area contributed by atoms with Crippen molar-refractivity contribution in [2.24, 2.45) is 0 Å². The number of carbonyl (C=O) groups is 2. The fraction of sp³-hybridized carbons (Fsp3) is 0.231. The predicted octanol–water partition coefficient (Wildman–Crippen LogP) is 4.84. The average molecular weight is 431 g/mol. The van der Waals surface area contributed by atoms with Gasteiger partial charge in [-0.15, -0.1) is 0 Å². The molecule has 1 saturated heterocycles. The van der Waals surface area contributed by atoms with Gasteiger partial charge in [-0.1, -0.05) is 24.3 Å². The number of furan rings is 1. The number of ketones is 1. The molecule has 0 saturated carbocycles. The van der Waals surface area contributed by atoms with Crippen molar-refractivity contribution in [1.82, 2.24) is 4.90 Å². The maximum absolute atomic E-state index is 13.1. The third-order valence-electron chi connectivity index (χ3n) is 5.86. The number of benzene rings is 2. The summed E-state index contributed by atoms with van der Waals surface area (Å²) in [5.41, 5.74) is 3.39. The summed E-state index contributed by atoms with van der Waals surface area (Å²) in [7, 11) is 1.58. The van der Waals surface area contributed by atoms with E-state index in [1.807, 2.05) is 38.1 Å². The molecule has 1 N–H and O–H groups in total. The molecule has 0 spiro atoms. The number of methoxy groups -OCH3 is 1. The van der Waals surface area contributed by atoms with Crippen molar-refractivity contribution >= 4 is 17.4 Å². The zero-order valence-corrected chi connectivity index (χ0v) is 18.5. The van der Waals surface area contributed by atoms with E-state index in [0.29, 0.717) is 22.8 Å². The van der Waals surface area contributed by atoms with E-state index in [-0.39, 0.29) is 17.9 Å². The van der Waals surface area contributed by atoms with Gasteiger partial charge in [-0.25, -0.2) is 0 Å². The monoisotopic (exact) mass is 431 g/mol. The first-order chi connectivity index (χ1) is 15.3. The summed E-state index contributed by atoms with van der Waals surface area (Å²) in [6.45, 7) is 5.88. The van der Waals surface area contributed by atoms with Crippen LogP contribution in [0.15, 0.2) is 64.6 Å². The van der Waals surface area contributed by atoms with Crippen molar-refractivity contribution in [3.05, 3.63) is 93.9 Å². The molecule has 1 unspecified atom stereocenters. The Morgan fingerprint density at radius 1 is 1.00 bits per heavy atom. The standard InChI is InChI=1S/C26H25NO5/c1-15-5-9-19(13-16(15)2)24(28)22-23(21-12-6-17(3)32-21)27(26(30)25(22)29)14-18-7-10-20(31-4)11-8-18/h5-13,23,28H,14H2,1-4H3/b24-22-. The van der Waals surface area contributed by atoms with Gasteiger partial charge in [0, 0.05) is 12.1 Å². The number of Topliss-reactive ketones (excluding diaryl/α,β-unsaturated/α-hetero) is 1. The van der Waals surface area contributed by atoms with Gasteiger partial charge in [-0.3, -0.25) is 9.59 Å². The number of rotatable bonds is 5. The first kappa shape index (κ1) is 21.4. The molecule has 4 rings (SSSR count). The van der Waals surface area contributed by atoms with E-state index in [1.54, 1.807) is 44.4 Å². The number of nitrogens with zero attached hydrogens (tertiary/aromatic N) is 1. The summed E-state index contributed by atoms with van der Waals surface area (Å²) in [6.07, 6.45) is 0. The summed E-state index contributed by atoms with van der Waals surface area (Å²) in [5, 5.41) is 11.1. The third-order valence-corrected chi connectivity index (χ3v) is 5.86. The van der Waals surface area contributed by atoms with E-state index in [1.165, 1.54) is 4.90 Å². The Hall–Kier alpha value is -3.80. The van der Waals surface area contributed by atoms with E-state index in [9.17, 15) is 14.7 Å². The molecule has 0 bridgehead atoms. The number of aliphatic hydroxyl groups excluding tert-OH is 1. The maximum Gasteiger partial charge on any atom is 0.296 e. The number of hydrogen-bond acceptors (Lipinski definition) is 5. The molecular formula is C26H25NO5. The van der Waals surface area contributed by atoms with E-state index in [4.69, 9.17) is 9.15 Å². The Morgan fingerprint density at radius 3 is 2.31 bits per heavy atom. The molecule has 2 heterocycles. The van der Waals surface area contributed by atoms with Crippen molar-refractivity contribution in [3.8, 4) is 5.75 Å². The van der Waals surface area contributed by atoms with Gasteiger partial charge in [-0.05, 0) is 67.8 Å². The van der Waals surface area contributed by atoms with Gasteiger partial charge in [0.2, 0.25) is 0 Å². The first-order valence-electron chi connectivity index (χ1n) is 10.4. The molecule has 164 valence electrons. The lowest BCUT2D eigenvalue weighted by atomic mass is 9.97. The van der Waals surface area contributed by atoms with E-state index >= 15 is 0 Å². The van der Waals surface area contributed by atoms with Gasteiger partial charge in [0.05, 0.1) is 12.7 Å². The van der Waals surface area contributed by atoms with E-state index < -0.39 is 17.7 Å². The summed E-state index contributed by atoms with van der Waals surface area (Å²) in [6, 6.07) is 15.4. The topological polar surface area (TPSA) is 80.0 Å². The van der Waals surface area contributed by atoms with Gasteiger partial charge < -0.3 is 19.2 Å². The Balaban J connectivity index is 1.82. The van der Waals surface area contributed by atoms with Crippen LogP contribution in [0.25, 0.3) is 5.76 Å². The second kappa shape index (κ2) is 8.38. The minimum absolute atomic E-state index is 0.0288. The molecule has 1 fully saturated rings. The molecule has 3 aromatic rings. The predicted molar refractivity (Wildman–Crippen MR) is 120 cm³/mol. The molecule has 6 heteroatoms. The Labute approximate surface area is 186 Å². The summed E-state index contributed by atoms with van der Waals surface area (Å²) < 4.78 is 11.0. The van der Waals surface area contributed by atoms with Crippen molar-refractivity contribution in [3.63, 3.8) is 0 Å². The van der Waals surface area contributed by atoms with Gasteiger partial charge in [-0.2, -0.15) is 0 Å². The van der Waals surface area contributed by atoms with Crippen LogP contribution in [0.5, 0.6) is 5.75 Å². The molecule has 1 atom stereocenters. The third kappa shape index (κ3) is 3.80. The Morgan fingerprint density at radius 2 is 1.72 bits per heavy atom. The van der Waals surface area contributed by atoms with Crippen molar-refractivity contribution in [2.45, 2.75) is 33.4 Å². The number of hydrogen-bond donors (Lipinski definition) is 1. The van der Waals surface area contributed by atoms with Gasteiger partial charge in [0.25, 0.3) is 11.7 Å². The van der Waals surface area contributed by atoms with Crippen LogP contribution < -0.4 is 4.74 Å². The van der Waals surface area contributed by atoms with Crippen molar-refractivity contribution in [1.29, 1.82) is 0 Å². The zero-order chi connectivity index (χ0) is 23.0. The molecule has 1 aliphatic heterocycles. The number of ether oxygens (including phenoxy) is 1. The number of carbonyl (C=O) groups excluding carboxylic acids is 2. The van der Waals surface area contributed by atoms with Crippen LogP contribution in [0.4, 0.5) is 0 Å². The normalized spacial score (nSPS) is 17.8. The SMILES string of the molecule is COc1ccc(CN2C(=O)C(=O)/C(=C(\O)c3ccc(C)c(C)c3)C2c2ccc(C)o2)cc1. The highest BCUT2D eigenvalue weighted by atomic mass is 16.5. The largest absolute Gasteiger partial charge is 0.507 e. The summed E-state index contributed by atoms with van der Waals surface area (Å²) in [4.78, 5) is 27.6. The fourth-order valence-corrected chi connectivity index (χ4v) is 3.91. The number of amides is 1. The minimum atomic E-state index is -0.826. The second-order valence-corrected chi connectivity index (χ2v) is 8.02. The highest BCUT2D eigenvalue weighted by Crippen LogP contribution is 2.41. The molecule has 6 nitrogen and oxygen atoms in total. The minimum Gasteiger partial charge on any atom is -0.507 e. The molecule has 1 amide bonds. The molecule has 0 aliphatic carbocycles. The molecule has 1 aliphatic rings. The molecule has 32 heavy (non-hydrogen) atoms. The van der Waals surface area contributed by atoms with Gasteiger partial charge in [0.15, 0.2) is 0 Å². The summed E-state index contributed by atoms with van der Waals surface area (Å²) in [5.74, 6) is 0.173. The lowest BCUT2D eigenvalue weighted by molar-refractivity contribution is -0.140. The molecule has 1 aromatic heterocycles. The summed E-state index contributed by atoms with van der Waals surface area (Å²) >= 11 is 0. The molecular weight excluding hydrogens is 406 g/mol. The quantitative estimate of drug-likeness (QED) is 0.355. The first-order valence-corrected chi connectivity index (χ1v) is 10.4. The van der Waals surface area contributed by atoms with Crippen molar-refractivity contribution in [2.75, 3.05) is 7.11 Å². The Kier molecular flexibility index (Phi) is 5.61. The van der Waals surface area contributed by atoms with Gasteiger partial charge >= 0.3 is 0 Å². The zero-order valence-electron chi connectivity index (χ0n) is 18.5. The van der Waals surface area contributed by atoms with Crippen LogP contribution in [-0.2, 0) is 16.1 Å². The van der Waals surface area contributed by atoms with Crippen LogP contribution >= 0.6 is 0 Å². The van der Waals surface area contributed by atoms with E-state index in [2.05, 4.69) is 0 Å². The second-order valence-electron chi connectivity index (χ2n) is 8.02. The van der Waals surface area contributed by atoms with Gasteiger partial charge in [0.1, 0.15) is 29.1 Å². The van der Waals surface area contributed by atoms with Crippen LogP contribution in [0.2, 0.25) is 0 Å². The Bertz CT molecular complexity index is 1220. The van der Waals surface area contributed by atoms with Crippen LogP contribution in [0.1, 0.15) is 39.8 Å². The molecule has 2 aromatic carbocycles. The smallest absolute Gasteiger partial charge is 0.296 e. The van der Waals surface area contributed by atoms with E-state index in [0.717, 1.165) is 16.7 Å². The lowest BCUT2D eigenvalue weighted by Gasteiger charge is -2.23. The molecule has 0 radical (unpaired) electrons. The maximum atomic E-state index is 13.1. The number of aliphatic hydroxyl groups is 1. The average Bonchev–Trinajstić information content (AvgIpc) is 3.32. The van der Waals surface area contributed by atoms with Crippen molar-refractivity contribution < 1.29 is 23.8 Å².